The summed E-state index contributed by atoms with van der Waals surface area (Å²) in [5.41, 5.74) is 4.57. The van der Waals surface area contributed by atoms with Crippen LogP contribution >= 0.6 is 0 Å². The second-order valence-corrected chi connectivity index (χ2v) is 3.98. The van der Waals surface area contributed by atoms with Crippen molar-refractivity contribution < 1.29 is 0 Å². The number of nitrogens with one attached hydrogen (secondary N) is 2. The Bertz CT molecular complexity index is 468. The zero-order chi connectivity index (χ0) is 11.5. The van der Waals surface area contributed by atoms with E-state index in [0.29, 0.717) is 0 Å². The number of hydrogen-bond donors (Lipinski definition) is 2. The van der Waals surface area contributed by atoms with E-state index in [1.165, 1.54) is 11.1 Å². The van der Waals surface area contributed by atoms with Crippen molar-refractivity contribution in [3.63, 3.8) is 0 Å². The first-order valence-corrected chi connectivity index (χ1v) is 5.34. The van der Waals surface area contributed by atoms with E-state index in [-0.39, 0.29) is 0 Å². The Balaban J connectivity index is 2.08. The number of hydrogen-bond acceptors (Lipinski definition) is 3. The van der Waals surface area contributed by atoms with Gasteiger partial charge in [-0.2, -0.15) is 5.10 Å². The lowest BCUT2D eigenvalue weighted by Crippen LogP contribution is -2.03. The van der Waals surface area contributed by atoms with Crippen LogP contribution in [-0.4, -0.2) is 15.2 Å². The van der Waals surface area contributed by atoms with Crippen LogP contribution in [0.2, 0.25) is 0 Å². The van der Waals surface area contributed by atoms with Crippen molar-refractivity contribution in [2.24, 2.45) is 0 Å². The molecule has 0 saturated carbocycles. The van der Waals surface area contributed by atoms with Crippen molar-refractivity contribution in [3.8, 4) is 0 Å². The maximum Gasteiger partial charge on any atom is 0.126 e. The lowest BCUT2D eigenvalue weighted by atomic mass is 10.2. The first-order valence-electron chi connectivity index (χ1n) is 5.34. The van der Waals surface area contributed by atoms with Crippen LogP contribution in [0.25, 0.3) is 0 Å². The molecular weight excluding hydrogens is 200 g/mol. The summed E-state index contributed by atoms with van der Waals surface area (Å²) in [6.07, 6.45) is 1.81. The Morgan fingerprint density at radius 1 is 1.31 bits per heavy atom. The van der Waals surface area contributed by atoms with Crippen molar-refractivity contribution in [2.75, 3.05) is 5.32 Å². The molecule has 0 bridgehead atoms. The molecular formula is C12H16N4. The third-order valence-corrected chi connectivity index (χ3v) is 2.64. The van der Waals surface area contributed by atoms with Gasteiger partial charge in [0.15, 0.2) is 0 Å². The largest absolute Gasteiger partial charge is 0.366 e. The van der Waals surface area contributed by atoms with Gasteiger partial charge < -0.3 is 5.32 Å². The number of rotatable bonds is 3. The van der Waals surface area contributed by atoms with Crippen LogP contribution in [0.1, 0.15) is 22.5 Å². The Hall–Kier alpha value is -1.84. The van der Waals surface area contributed by atoms with Gasteiger partial charge in [0.25, 0.3) is 0 Å². The number of aromatic nitrogens is 3. The maximum absolute atomic E-state index is 4.26. The second-order valence-electron chi connectivity index (χ2n) is 3.98. The smallest absolute Gasteiger partial charge is 0.126 e. The molecule has 4 nitrogen and oxygen atoms in total. The lowest BCUT2D eigenvalue weighted by molar-refractivity contribution is 1.02. The lowest BCUT2D eigenvalue weighted by Gasteiger charge is -2.06. The average Bonchev–Trinajstić information content (AvgIpc) is 2.56. The minimum absolute atomic E-state index is 0.755. The van der Waals surface area contributed by atoms with E-state index in [1.807, 2.05) is 32.2 Å². The molecule has 0 fully saturated rings. The summed E-state index contributed by atoms with van der Waals surface area (Å²) in [6, 6.07) is 4.02. The van der Waals surface area contributed by atoms with Crippen molar-refractivity contribution >= 4 is 5.82 Å². The van der Waals surface area contributed by atoms with Crippen molar-refractivity contribution in [2.45, 2.75) is 27.3 Å². The van der Waals surface area contributed by atoms with Gasteiger partial charge in [0, 0.05) is 24.0 Å². The zero-order valence-electron chi connectivity index (χ0n) is 9.83. The molecule has 0 spiro atoms. The highest BCUT2D eigenvalue weighted by Crippen LogP contribution is 2.12. The summed E-state index contributed by atoms with van der Waals surface area (Å²) in [5.74, 6) is 0.903. The summed E-state index contributed by atoms with van der Waals surface area (Å²) in [7, 11) is 0. The Morgan fingerprint density at radius 3 is 2.75 bits per heavy atom. The molecule has 2 aromatic rings. The van der Waals surface area contributed by atoms with E-state index >= 15 is 0 Å². The normalized spacial score (nSPS) is 10.4. The third-order valence-electron chi connectivity index (χ3n) is 2.64. The first kappa shape index (κ1) is 10.7. The number of aromatic amines is 1. The first-order chi connectivity index (χ1) is 7.66. The third kappa shape index (κ3) is 2.21. The fourth-order valence-corrected chi connectivity index (χ4v) is 1.65. The van der Waals surface area contributed by atoms with E-state index in [9.17, 15) is 0 Å². The van der Waals surface area contributed by atoms with E-state index in [2.05, 4.69) is 27.4 Å². The fraction of sp³-hybridized carbons (Fsp3) is 0.333. The quantitative estimate of drug-likeness (QED) is 0.828. The molecule has 84 valence electrons. The summed E-state index contributed by atoms with van der Waals surface area (Å²) in [4.78, 5) is 4.26. The van der Waals surface area contributed by atoms with Crippen molar-refractivity contribution in [1.29, 1.82) is 0 Å². The Morgan fingerprint density at radius 2 is 2.12 bits per heavy atom. The Kier molecular flexibility index (Phi) is 2.90. The minimum atomic E-state index is 0.755. The van der Waals surface area contributed by atoms with Crippen LogP contribution in [0.4, 0.5) is 5.82 Å². The molecule has 0 aromatic carbocycles. The van der Waals surface area contributed by atoms with Gasteiger partial charge in [-0.1, -0.05) is 0 Å². The van der Waals surface area contributed by atoms with E-state index in [4.69, 9.17) is 0 Å². The number of aryl methyl sites for hydroxylation is 3. The number of H-pyrrole nitrogens is 1. The van der Waals surface area contributed by atoms with Gasteiger partial charge in [-0.3, -0.25) is 5.10 Å². The minimum Gasteiger partial charge on any atom is -0.366 e. The Labute approximate surface area is 95.1 Å². The van der Waals surface area contributed by atoms with Gasteiger partial charge in [-0.05, 0) is 38.5 Å². The van der Waals surface area contributed by atoms with Gasteiger partial charge in [0.2, 0.25) is 0 Å². The van der Waals surface area contributed by atoms with Crippen LogP contribution in [0.3, 0.4) is 0 Å². The van der Waals surface area contributed by atoms with Crippen LogP contribution in [-0.2, 0) is 6.54 Å². The molecule has 0 aliphatic rings. The predicted molar refractivity (Wildman–Crippen MR) is 64.4 cm³/mol. The molecule has 0 radical (unpaired) electrons. The van der Waals surface area contributed by atoms with Gasteiger partial charge in [0.1, 0.15) is 5.82 Å². The highest BCUT2D eigenvalue weighted by molar-refractivity contribution is 5.39. The van der Waals surface area contributed by atoms with E-state index in [1.54, 1.807) is 0 Å². The number of anilines is 1. The molecule has 2 heterocycles. The highest BCUT2D eigenvalue weighted by Gasteiger charge is 2.05. The summed E-state index contributed by atoms with van der Waals surface area (Å²) < 4.78 is 0. The van der Waals surface area contributed by atoms with Gasteiger partial charge in [-0.25, -0.2) is 4.98 Å². The van der Waals surface area contributed by atoms with Crippen LogP contribution in [0.5, 0.6) is 0 Å². The number of nitrogens with zero attached hydrogens (tertiary/aromatic N) is 2. The molecule has 2 N–H and O–H groups in total. The molecule has 0 unspecified atom stereocenters. The molecule has 16 heavy (non-hydrogen) atoms. The van der Waals surface area contributed by atoms with Crippen molar-refractivity contribution in [1.82, 2.24) is 15.2 Å². The maximum atomic E-state index is 4.26. The van der Waals surface area contributed by atoms with E-state index in [0.717, 1.165) is 23.8 Å². The van der Waals surface area contributed by atoms with Crippen molar-refractivity contribution in [3.05, 3.63) is 40.8 Å². The second kappa shape index (κ2) is 4.35. The standard InChI is InChI=1S/C12H16N4/c1-8-4-5-13-12(6-8)14-7-11-9(2)15-16-10(11)3/h4-6H,7H2,1-3H3,(H,13,14)(H,15,16). The fourth-order valence-electron chi connectivity index (χ4n) is 1.65. The number of pyridine rings is 1. The molecule has 2 aromatic heterocycles. The molecule has 0 aliphatic carbocycles. The monoisotopic (exact) mass is 216 g/mol. The molecule has 4 heteroatoms. The molecule has 0 amide bonds. The molecule has 2 rings (SSSR count). The van der Waals surface area contributed by atoms with Crippen LogP contribution < -0.4 is 5.32 Å². The van der Waals surface area contributed by atoms with Gasteiger partial charge in [-0.15, -0.1) is 0 Å². The molecule has 0 saturated heterocycles. The van der Waals surface area contributed by atoms with Gasteiger partial charge in [0.05, 0.1) is 5.69 Å². The zero-order valence-corrected chi connectivity index (χ0v) is 9.83. The highest BCUT2D eigenvalue weighted by atomic mass is 15.1. The van der Waals surface area contributed by atoms with E-state index < -0.39 is 0 Å². The summed E-state index contributed by atoms with van der Waals surface area (Å²) >= 11 is 0. The van der Waals surface area contributed by atoms with Crippen LogP contribution in [0.15, 0.2) is 18.3 Å². The summed E-state index contributed by atoms with van der Waals surface area (Å²) in [5, 5.41) is 10.4. The van der Waals surface area contributed by atoms with Crippen LogP contribution in [0, 0.1) is 20.8 Å². The topological polar surface area (TPSA) is 53.6 Å². The average molecular weight is 216 g/mol. The molecule has 0 atom stereocenters. The van der Waals surface area contributed by atoms with Gasteiger partial charge >= 0.3 is 0 Å². The SMILES string of the molecule is Cc1ccnc(NCc2c(C)n[nH]c2C)c1. The molecule has 0 aliphatic heterocycles. The summed E-state index contributed by atoms with van der Waals surface area (Å²) in [6.45, 7) is 6.84. The predicted octanol–water partition coefficient (Wildman–Crippen LogP) is 2.34.